The van der Waals surface area contributed by atoms with Crippen molar-refractivity contribution in [1.82, 2.24) is 10.2 Å². The molecule has 154 valence electrons. The largest absolute Gasteiger partial charge is 0.490 e. The smallest absolute Gasteiger partial charge is 0.269 e. The van der Waals surface area contributed by atoms with Crippen LogP contribution in [0.4, 0.5) is 5.69 Å². The number of non-ortho nitro benzene ring substituents is 1. The van der Waals surface area contributed by atoms with Crippen LogP contribution in [0.1, 0.15) is 44.9 Å². The van der Waals surface area contributed by atoms with Crippen molar-refractivity contribution in [2.24, 2.45) is 5.92 Å². The van der Waals surface area contributed by atoms with Crippen LogP contribution in [0.25, 0.3) is 0 Å². The van der Waals surface area contributed by atoms with Gasteiger partial charge in [-0.25, -0.2) is 0 Å². The van der Waals surface area contributed by atoms with E-state index in [2.05, 4.69) is 5.32 Å². The van der Waals surface area contributed by atoms with Gasteiger partial charge < -0.3 is 15.0 Å². The molecule has 2 bridgehead atoms. The van der Waals surface area contributed by atoms with Crippen LogP contribution in [0.5, 0.6) is 5.75 Å². The van der Waals surface area contributed by atoms with E-state index in [4.69, 9.17) is 4.74 Å². The normalized spacial score (nSPS) is 27.1. The number of halogens is 1. The van der Waals surface area contributed by atoms with Gasteiger partial charge in [0.05, 0.1) is 4.92 Å². The van der Waals surface area contributed by atoms with Crippen LogP contribution >= 0.6 is 12.4 Å². The summed E-state index contributed by atoms with van der Waals surface area (Å²) in [4.78, 5) is 24.9. The molecule has 28 heavy (non-hydrogen) atoms. The fraction of sp³-hybridized carbons (Fsp3) is 0.650. The lowest BCUT2D eigenvalue weighted by atomic mass is 9.89. The lowest BCUT2D eigenvalue weighted by Crippen LogP contribution is -2.44. The van der Waals surface area contributed by atoms with Crippen molar-refractivity contribution >= 4 is 24.0 Å². The average molecular weight is 410 g/mol. The number of likely N-dealkylation sites (tertiary alicyclic amines) is 1. The highest BCUT2D eigenvalue weighted by Gasteiger charge is 2.35. The number of piperidine rings is 2. The van der Waals surface area contributed by atoms with Crippen molar-refractivity contribution in [2.45, 2.75) is 63.1 Å². The number of nitrogens with zero attached hydrogens (tertiary/aromatic N) is 2. The first-order valence-corrected chi connectivity index (χ1v) is 10.0. The molecular weight excluding hydrogens is 382 g/mol. The van der Waals surface area contributed by atoms with Crippen molar-refractivity contribution in [3.05, 3.63) is 34.4 Å². The molecule has 3 saturated heterocycles. The summed E-state index contributed by atoms with van der Waals surface area (Å²) in [5.41, 5.74) is 0.0640. The van der Waals surface area contributed by atoms with Gasteiger partial charge in [0.25, 0.3) is 5.69 Å². The summed E-state index contributed by atoms with van der Waals surface area (Å²) in [5, 5.41) is 14.3. The minimum absolute atomic E-state index is 0. The van der Waals surface area contributed by atoms with Gasteiger partial charge in [0.2, 0.25) is 5.91 Å². The fourth-order valence-electron chi connectivity index (χ4n) is 4.78. The molecule has 2 unspecified atom stereocenters. The van der Waals surface area contributed by atoms with E-state index in [9.17, 15) is 14.9 Å². The van der Waals surface area contributed by atoms with Gasteiger partial charge in [0.1, 0.15) is 11.9 Å². The summed E-state index contributed by atoms with van der Waals surface area (Å²) in [6.45, 7) is 1.46. The molecule has 7 nitrogen and oxygen atoms in total. The minimum atomic E-state index is -0.415. The van der Waals surface area contributed by atoms with Gasteiger partial charge in [-0.3, -0.25) is 14.9 Å². The number of nitro benzene ring substituents is 1. The topological polar surface area (TPSA) is 84.7 Å². The van der Waals surface area contributed by atoms with E-state index in [0.717, 1.165) is 38.8 Å². The van der Waals surface area contributed by atoms with Crippen LogP contribution < -0.4 is 10.1 Å². The highest BCUT2D eigenvalue weighted by atomic mass is 35.5. The van der Waals surface area contributed by atoms with Crippen molar-refractivity contribution in [3.8, 4) is 5.75 Å². The molecule has 2 atom stereocenters. The lowest BCUT2D eigenvalue weighted by molar-refractivity contribution is -0.384. The number of amides is 1. The van der Waals surface area contributed by atoms with Gasteiger partial charge in [-0.05, 0) is 43.7 Å². The number of carbonyl (C=O) groups is 1. The second-order valence-corrected chi connectivity index (χ2v) is 8.13. The molecule has 0 radical (unpaired) electrons. The second-order valence-electron chi connectivity index (χ2n) is 8.13. The Kier molecular flexibility index (Phi) is 6.78. The Labute approximate surface area is 171 Å². The maximum absolute atomic E-state index is 12.7. The summed E-state index contributed by atoms with van der Waals surface area (Å²) in [6.07, 6.45) is 7.17. The maximum atomic E-state index is 12.7. The minimum Gasteiger partial charge on any atom is -0.490 e. The molecule has 0 spiro atoms. The van der Waals surface area contributed by atoms with E-state index in [0.29, 0.717) is 30.2 Å². The molecular formula is C20H28ClN3O4. The van der Waals surface area contributed by atoms with Gasteiger partial charge in [-0.1, -0.05) is 0 Å². The van der Waals surface area contributed by atoms with E-state index in [1.165, 1.54) is 25.0 Å². The molecule has 1 N–H and O–H groups in total. The van der Waals surface area contributed by atoms with Crippen molar-refractivity contribution in [3.63, 3.8) is 0 Å². The Morgan fingerprint density at radius 1 is 1.11 bits per heavy atom. The Hall–Kier alpha value is -1.86. The summed E-state index contributed by atoms with van der Waals surface area (Å²) in [5.74, 6) is 1.47. The molecule has 0 saturated carbocycles. The molecule has 3 aliphatic rings. The van der Waals surface area contributed by atoms with E-state index < -0.39 is 4.92 Å². The monoisotopic (exact) mass is 409 g/mol. The SMILES string of the molecule is Cl.O=C(CC1CC2CCC(C1)N2)N1CCC(Oc2ccc([N+](=O)[O-])cc2)CC1. The zero-order chi connectivity index (χ0) is 18.8. The van der Waals surface area contributed by atoms with Crippen LogP contribution in [0, 0.1) is 16.0 Å². The fourth-order valence-corrected chi connectivity index (χ4v) is 4.78. The summed E-state index contributed by atoms with van der Waals surface area (Å²) < 4.78 is 5.94. The third-order valence-electron chi connectivity index (χ3n) is 6.18. The lowest BCUT2D eigenvalue weighted by Gasteiger charge is -2.34. The maximum Gasteiger partial charge on any atom is 0.269 e. The van der Waals surface area contributed by atoms with Crippen molar-refractivity contribution in [1.29, 1.82) is 0 Å². The van der Waals surface area contributed by atoms with Gasteiger partial charge in [-0.2, -0.15) is 0 Å². The third-order valence-corrected chi connectivity index (χ3v) is 6.18. The molecule has 1 aromatic carbocycles. The molecule has 3 aliphatic heterocycles. The standard InChI is InChI=1S/C20H27N3O4.ClH/c24-20(13-14-11-15-1-2-16(12-14)21-15)22-9-7-19(8-10-22)27-18-5-3-17(4-6-18)23(25)26;/h3-6,14-16,19,21H,1-2,7-13H2;1H. The molecule has 3 heterocycles. The highest BCUT2D eigenvalue weighted by Crippen LogP contribution is 2.33. The number of fused-ring (bicyclic) bond motifs is 2. The number of ether oxygens (including phenoxy) is 1. The second kappa shape index (κ2) is 9.09. The predicted octanol–water partition coefficient (Wildman–Crippen LogP) is 3.31. The van der Waals surface area contributed by atoms with Crippen LogP contribution in [-0.2, 0) is 4.79 Å². The molecule has 1 amide bonds. The first-order valence-electron chi connectivity index (χ1n) is 10.0. The molecule has 0 aliphatic carbocycles. The summed E-state index contributed by atoms with van der Waals surface area (Å²) >= 11 is 0. The van der Waals surface area contributed by atoms with Crippen LogP contribution in [0.3, 0.4) is 0 Å². The summed E-state index contributed by atoms with van der Waals surface area (Å²) in [6, 6.07) is 7.45. The number of carbonyl (C=O) groups excluding carboxylic acids is 1. The number of rotatable bonds is 5. The van der Waals surface area contributed by atoms with E-state index in [1.54, 1.807) is 12.1 Å². The van der Waals surface area contributed by atoms with Crippen molar-refractivity contribution < 1.29 is 14.5 Å². The third kappa shape index (κ3) is 4.94. The average Bonchev–Trinajstić information content (AvgIpc) is 3.01. The Balaban J connectivity index is 0.00000225. The zero-order valence-corrected chi connectivity index (χ0v) is 16.7. The Bertz CT molecular complexity index is 679. The first kappa shape index (κ1) is 20.9. The molecule has 8 heteroatoms. The van der Waals surface area contributed by atoms with Crippen LogP contribution in [0.2, 0.25) is 0 Å². The van der Waals surface area contributed by atoms with Crippen LogP contribution in [0.15, 0.2) is 24.3 Å². The van der Waals surface area contributed by atoms with Gasteiger partial charge in [0.15, 0.2) is 0 Å². The highest BCUT2D eigenvalue weighted by molar-refractivity contribution is 5.85. The molecule has 1 aromatic rings. The van der Waals surface area contributed by atoms with E-state index >= 15 is 0 Å². The summed E-state index contributed by atoms with van der Waals surface area (Å²) in [7, 11) is 0. The van der Waals surface area contributed by atoms with Crippen molar-refractivity contribution in [2.75, 3.05) is 13.1 Å². The Morgan fingerprint density at radius 2 is 1.71 bits per heavy atom. The van der Waals surface area contributed by atoms with Gasteiger partial charge in [-0.15, -0.1) is 12.4 Å². The van der Waals surface area contributed by atoms with E-state index in [-0.39, 0.29) is 30.1 Å². The van der Waals surface area contributed by atoms with Gasteiger partial charge in [0, 0.05) is 56.6 Å². The zero-order valence-electron chi connectivity index (χ0n) is 15.9. The number of nitro groups is 1. The first-order chi connectivity index (χ1) is 13.1. The number of benzene rings is 1. The molecule has 4 rings (SSSR count). The van der Waals surface area contributed by atoms with Gasteiger partial charge >= 0.3 is 0 Å². The predicted molar refractivity (Wildman–Crippen MR) is 108 cm³/mol. The number of hydrogen-bond acceptors (Lipinski definition) is 5. The Morgan fingerprint density at radius 3 is 2.29 bits per heavy atom. The van der Waals surface area contributed by atoms with Crippen LogP contribution in [-0.4, -0.2) is 47.0 Å². The number of nitrogens with one attached hydrogen (secondary N) is 1. The number of hydrogen-bond donors (Lipinski definition) is 1. The quantitative estimate of drug-likeness (QED) is 0.595. The van der Waals surface area contributed by atoms with E-state index in [1.807, 2.05) is 4.90 Å². The molecule has 0 aromatic heterocycles. The molecule has 3 fully saturated rings.